The number of ether oxygens (including phenoxy) is 2. The van der Waals surface area contributed by atoms with Crippen molar-refractivity contribution in [2.24, 2.45) is 0 Å². The van der Waals surface area contributed by atoms with E-state index in [0.29, 0.717) is 11.5 Å². The van der Waals surface area contributed by atoms with Gasteiger partial charge in [-0.25, -0.2) is 9.59 Å². The monoisotopic (exact) mass is 515 g/mol. The Hall–Kier alpha value is -3.64. The molecule has 0 radical (unpaired) electrons. The van der Waals surface area contributed by atoms with E-state index in [4.69, 9.17) is 9.47 Å². The minimum atomic E-state index is -0.616. The molecule has 6 heteroatoms. The molecule has 34 heavy (non-hydrogen) atoms. The van der Waals surface area contributed by atoms with Gasteiger partial charge in [-0.2, -0.15) is 0 Å². The third kappa shape index (κ3) is 3.46. The van der Waals surface area contributed by atoms with Crippen LogP contribution in [0.3, 0.4) is 0 Å². The summed E-state index contributed by atoms with van der Waals surface area (Å²) in [6, 6.07) is 22.0. The first-order chi connectivity index (χ1) is 16.4. The summed E-state index contributed by atoms with van der Waals surface area (Å²) in [5.41, 5.74) is 7.30. The maximum absolute atomic E-state index is 13.0. The van der Waals surface area contributed by atoms with Crippen LogP contribution < -0.4 is 0 Å². The van der Waals surface area contributed by atoms with Crippen LogP contribution >= 0.6 is 15.9 Å². The Morgan fingerprint density at radius 2 is 1.50 bits per heavy atom. The largest absolute Gasteiger partial charge is 0.465 e. The summed E-state index contributed by atoms with van der Waals surface area (Å²) in [5, 5.41) is 0. The number of carbonyl (C=O) groups is 2. The summed E-state index contributed by atoms with van der Waals surface area (Å²) >= 11 is 3.44. The Balaban J connectivity index is 1.77. The van der Waals surface area contributed by atoms with Crippen LogP contribution in [0.2, 0.25) is 0 Å². The lowest BCUT2D eigenvalue weighted by Crippen LogP contribution is -2.15. The topological polar surface area (TPSA) is 57.5 Å². The van der Waals surface area contributed by atoms with Gasteiger partial charge in [0.05, 0.1) is 14.2 Å². The lowest BCUT2D eigenvalue weighted by Gasteiger charge is -2.10. The quantitative estimate of drug-likeness (QED) is 0.287. The molecular formula is C28H22BrNO4. The van der Waals surface area contributed by atoms with E-state index >= 15 is 0 Å². The molecule has 0 N–H and O–H groups in total. The Morgan fingerprint density at radius 3 is 2.21 bits per heavy atom. The molecular weight excluding hydrogens is 494 g/mol. The lowest BCUT2D eigenvalue weighted by atomic mass is 9.95. The highest BCUT2D eigenvalue weighted by molar-refractivity contribution is 9.10. The lowest BCUT2D eigenvalue weighted by molar-refractivity contribution is 0.0550. The molecule has 1 unspecified atom stereocenters. The zero-order chi connectivity index (χ0) is 24.0. The van der Waals surface area contributed by atoms with Gasteiger partial charge in [-0.3, -0.25) is 0 Å². The van der Waals surface area contributed by atoms with E-state index in [1.54, 1.807) is 10.8 Å². The zero-order valence-corrected chi connectivity index (χ0v) is 20.5. The Bertz CT molecular complexity index is 1440. The minimum absolute atomic E-state index is 0.126. The van der Waals surface area contributed by atoms with E-state index in [1.165, 1.54) is 30.9 Å². The van der Waals surface area contributed by atoms with Gasteiger partial charge in [0.25, 0.3) is 0 Å². The average molecular weight is 516 g/mol. The van der Waals surface area contributed by atoms with Crippen LogP contribution in [-0.2, 0) is 9.47 Å². The number of fused-ring (bicyclic) bond motifs is 3. The standard InChI is InChI=1S/C28H22BrNO4/c1-16-20-6-4-5-7-22(20)23-14-17(8-13-21(16)23)24-15-30(19-11-9-18(29)10-12-19)26(28(32)34-3)25(24)27(31)33-2/h4-16H,1-3H3. The number of benzene rings is 3. The predicted molar refractivity (Wildman–Crippen MR) is 135 cm³/mol. The maximum atomic E-state index is 13.0. The van der Waals surface area contributed by atoms with Gasteiger partial charge in [0.1, 0.15) is 11.3 Å². The Kier molecular flexibility index (Phi) is 5.62. The smallest absolute Gasteiger partial charge is 0.355 e. The van der Waals surface area contributed by atoms with E-state index in [1.807, 2.05) is 36.4 Å². The van der Waals surface area contributed by atoms with Gasteiger partial charge >= 0.3 is 11.9 Å². The number of hydrogen-bond donors (Lipinski definition) is 0. The number of methoxy groups -OCH3 is 2. The van der Waals surface area contributed by atoms with Gasteiger partial charge < -0.3 is 14.0 Å². The van der Waals surface area contributed by atoms with E-state index in [2.05, 4.69) is 53.2 Å². The molecule has 1 heterocycles. The molecule has 1 aliphatic rings. The van der Waals surface area contributed by atoms with Gasteiger partial charge in [0.15, 0.2) is 0 Å². The SMILES string of the molecule is COC(=O)c1c(-c2ccc3c(c2)-c2ccccc2C3C)cn(-c2ccc(Br)cc2)c1C(=O)OC. The van der Waals surface area contributed by atoms with Crippen LogP contribution in [-0.4, -0.2) is 30.7 Å². The summed E-state index contributed by atoms with van der Waals surface area (Å²) in [5.74, 6) is -0.923. The van der Waals surface area contributed by atoms with Crippen molar-refractivity contribution in [1.82, 2.24) is 4.57 Å². The highest BCUT2D eigenvalue weighted by Crippen LogP contribution is 2.46. The van der Waals surface area contributed by atoms with Crippen molar-refractivity contribution >= 4 is 27.9 Å². The van der Waals surface area contributed by atoms with Crippen molar-refractivity contribution in [2.45, 2.75) is 12.8 Å². The second kappa shape index (κ2) is 8.61. The van der Waals surface area contributed by atoms with Crippen LogP contribution in [0.25, 0.3) is 27.9 Å². The number of carbonyl (C=O) groups excluding carboxylic acids is 2. The molecule has 5 nitrogen and oxygen atoms in total. The first-order valence-corrected chi connectivity index (χ1v) is 11.7. The normalized spacial score (nSPS) is 13.8. The third-order valence-electron chi connectivity index (χ3n) is 6.43. The molecule has 1 aliphatic carbocycles. The third-order valence-corrected chi connectivity index (χ3v) is 6.96. The highest BCUT2D eigenvalue weighted by Gasteiger charge is 2.31. The summed E-state index contributed by atoms with van der Waals surface area (Å²) < 4.78 is 12.8. The molecule has 4 aromatic rings. The van der Waals surface area contributed by atoms with Crippen LogP contribution in [0.4, 0.5) is 0 Å². The fraction of sp³-hybridized carbons (Fsp3) is 0.143. The molecule has 0 aliphatic heterocycles. The molecule has 170 valence electrons. The second-order valence-corrected chi connectivity index (χ2v) is 9.12. The first-order valence-electron chi connectivity index (χ1n) is 10.9. The second-order valence-electron chi connectivity index (χ2n) is 8.21. The predicted octanol–water partition coefficient (Wildman–Crippen LogP) is 6.61. The Labute approximate surface area is 206 Å². The van der Waals surface area contributed by atoms with Gasteiger partial charge in [-0.1, -0.05) is 59.3 Å². The Morgan fingerprint density at radius 1 is 0.824 bits per heavy atom. The van der Waals surface area contributed by atoms with Crippen molar-refractivity contribution in [3.8, 4) is 27.9 Å². The zero-order valence-electron chi connectivity index (χ0n) is 19.0. The van der Waals surface area contributed by atoms with Crippen molar-refractivity contribution < 1.29 is 19.1 Å². The average Bonchev–Trinajstić information content (AvgIpc) is 3.40. The van der Waals surface area contributed by atoms with Gasteiger partial charge in [-0.15, -0.1) is 0 Å². The molecule has 1 aromatic heterocycles. The fourth-order valence-electron chi connectivity index (χ4n) is 4.76. The van der Waals surface area contributed by atoms with E-state index < -0.39 is 11.9 Å². The van der Waals surface area contributed by atoms with Crippen molar-refractivity contribution in [3.63, 3.8) is 0 Å². The molecule has 0 spiro atoms. The van der Waals surface area contributed by atoms with Crippen LogP contribution in [0.1, 0.15) is 44.8 Å². The molecule has 0 bridgehead atoms. The van der Waals surface area contributed by atoms with Gasteiger partial charge in [0, 0.05) is 27.8 Å². The molecule has 0 amide bonds. The number of esters is 2. The number of hydrogen-bond acceptors (Lipinski definition) is 4. The molecule has 1 atom stereocenters. The molecule has 5 rings (SSSR count). The van der Waals surface area contributed by atoms with Gasteiger partial charge in [-0.05, 0) is 58.1 Å². The van der Waals surface area contributed by atoms with E-state index in [9.17, 15) is 9.59 Å². The number of halogens is 1. The highest BCUT2D eigenvalue weighted by atomic mass is 79.9. The van der Waals surface area contributed by atoms with E-state index in [0.717, 1.165) is 21.3 Å². The van der Waals surface area contributed by atoms with Gasteiger partial charge in [0.2, 0.25) is 0 Å². The number of rotatable bonds is 4. The van der Waals surface area contributed by atoms with Crippen molar-refractivity contribution in [3.05, 3.63) is 99.8 Å². The van der Waals surface area contributed by atoms with Crippen molar-refractivity contribution in [1.29, 1.82) is 0 Å². The first kappa shape index (κ1) is 22.2. The summed E-state index contributed by atoms with van der Waals surface area (Å²) in [6.07, 6.45) is 1.80. The van der Waals surface area contributed by atoms with Crippen LogP contribution in [0, 0.1) is 0 Å². The van der Waals surface area contributed by atoms with Crippen molar-refractivity contribution in [2.75, 3.05) is 14.2 Å². The minimum Gasteiger partial charge on any atom is -0.465 e. The number of nitrogens with zero attached hydrogens (tertiary/aromatic N) is 1. The molecule has 3 aromatic carbocycles. The maximum Gasteiger partial charge on any atom is 0.355 e. The summed E-state index contributed by atoms with van der Waals surface area (Å²) in [4.78, 5) is 25.9. The summed E-state index contributed by atoms with van der Waals surface area (Å²) in [7, 11) is 2.61. The molecule has 0 saturated heterocycles. The van der Waals surface area contributed by atoms with Crippen LogP contribution in [0.15, 0.2) is 77.4 Å². The summed E-state index contributed by atoms with van der Waals surface area (Å²) in [6.45, 7) is 2.20. The molecule has 0 saturated carbocycles. The van der Waals surface area contributed by atoms with Crippen LogP contribution in [0.5, 0.6) is 0 Å². The van der Waals surface area contributed by atoms with E-state index in [-0.39, 0.29) is 11.3 Å². The number of aromatic nitrogens is 1. The molecule has 0 fully saturated rings. The fourth-order valence-corrected chi connectivity index (χ4v) is 5.02.